The molecule has 1 aromatic rings. The first-order valence-corrected chi connectivity index (χ1v) is 15.1. The first-order valence-electron chi connectivity index (χ1n) is 11.6. The Morgan fingerprint density at radius 1 is 0.967 bits per heavy atom. The summed E-state index contributed by atoms with van der Waals surface area (Å²) >= 11 is 5.03. The Labute approximate surface area is 198 Å². The van der Waals surface area contributed by atoms with Gasteiger partial charge >= 0.3 is 0 Å². The van der Waals surface area contributed by atoms with Crippen molar-refractivity contribution in [2.24, 2.45) is 0 Å². The number of rotatable bonds is 17. The molecule has 3 nitrogen and oxygen atoms in total. The molecule has 1 atom stereocenters. The van der Waals surface area contributed by atoms with Crippen molar-refractivity contribution in [3.63, 3.8) is 0 Å². The maximum atomic E-state index is 13.0. The van der Waals surface area contributed by atoms with E-state index in [1.54, 1.807) is 35.3 Å². The number of amides is 1. The number of carbonyl (C=O) groups excluding carboxylic acids is 1. The minimum atomic E-state index is 0.0229. The van der Waals surface area contributed by atoms with E-state index in [9.17, 15) is 4.79 Å². The van der Waals surface area contributed by atoms with Gasteiger partial charge in [0.15, 0.2) is 0 Å². The van der Waals surface area contributed by atoms with Gasteiger partial charge in [-0.1, -0.05) is 78.1 Å². The molecule has 1 unspecified atom stereocenters. The first-order chi connectivity index (χ1) is 14.6. The highest BCUT2D eigenvalue weighted by atomic mass is 32.2. The van der Waals surface area contributed by atoms with E-state index in [1.807, 2.05) is 13.2 Å². The van der Waals surface area contributed by atoms with Crippen molar-refractivity contribution >= 4 is 46.9 Å². The molecule has 6 heteroatoms. The van der Waals surface area contributed by atoms with E-state index in [-0.39, 0.29) is 11.2 Å². The Morgan fingerprint density at radius 2 is 1.57 bits per heavy atom. The number of hydrogen-bond donors (Lipinski definition) is 1. The van der Waals surface area contributed by atoms with Crippen LogP contribution in [0.1, 0.15) is 90.2 Å². The van der Waals surface area contributed by atoms with E-state index < -0.39 is 0 Å². The third kappa shape index (κ3) is 10.8. The van der Waals surface area contributed by atoms with Crippen molar-refractivity contribution in [2.45, 2.75) is 107 Å². The van der Waals surface area contributed by atoms with Gasteiger partial charge in [-0.2, -0.15) is 0 Å². The summed E-state index contributed by atoms with van der Waals surface area (Å²) in [6, 6.07) is 2.06. The SMILES string of the molecule is CCCCCCCCCCCCC(SCC)C(=O)Nc1c(SC)cc(C)nc1SC. The van der Waals surface area contributed by atoms with E-state index >= 15 is 0 Å². The van der Waals surface area contributed by atoms with Crippen LogP contribution in [-0.2, 0) is 4.79 Å². The summed E-state index contributed by atoms with van der Waals surface area (Å²) in [6.07, 6.45) is 18.3. The van der Waals surface area contributed by atoms with Crippen LogP contribution in [0.2, 0.25) is 0 Å². The Morgan fingerprint density at radius 3 is 2.10 bits per heavy atom. The molecular weight excluding hydrogens is 428 g/mol. The largest absolute Gasteiger partial charge is 0.322 e. The lowest BCUT2D eigenvalue weighted by atomic mass is 10.1. The summed E-state index contributed by atoms with van der Waals surface area (Å²) in [7, 11) is 0. The molecule has 172 valence electrons. The van der Waals surface area contributed by atoms with Gasteiger partial charge in [-0.15, -0.1) is 35.3 Å². The predicted molar refractivity (Wildman–Crippen MR) is 140 cm³/mol. The van der Waals surface area contributed by atoms with Crippen LogP contribution in [0.25, 0.3) is 0 Å². The Balaban J connectivity index is 2.46. The van der Waals surface area contributed by atoms with Crippen LogP contribution in [0.5, 0.6) is 0 Å². The van der Waals surface area contributed by atoms with Gasteiger partial charge in [-0.25, -0.2) is 4.98 Å². The molecule has 30 heavy (non-hydrogen) atoms. The van der Waals surface area contributed by atoms with Gasteiger partial charge in [-0.05, 0) is 37.7 Å². The smallest absolute Gasteiger partial charge is 0.237 e. The second-order valence-corrected chi connectivity index (χ2v) is 10.9. The van der Waals surface area contributed by atoms with Gasteiger partial charge in [-0.3, -0.25) is 4.79 Å². The molecule has 1 heterocycles. The zero-order chi connectivity index (χ0) is 22.2. The van der Waals surface area contributed by atoms with E-state index in [0.717, 1.165) is 39.9 Å². The Bertz CT molecular complexity index is 585. The maximum Gasteiger partial charge on any atom is 0.237 e. The Kier molecular flexibility index (Phi) is 15.9. The number of aryl methyl sites for hydroxylation is 1. The molecule has 0 aromatic carbocycles. The fourth-order valence-electron chi connectivity index (χ4n) is 3.55. The number of pyridine rings is 1. The second kappa shape index (κ2) is 17.3. The van der Waals surface area contributed by atoms with Gasteiger partial charge in [0.25, 0.3) is 0 Å². The zero-order valence-electron chi connectivity index (χ0n) is 19.7. The van der Waals surface area contributed by atoms with Crippen LogP contribution in [0.3, 0.4) is 0 Å². The number of nitrogens with zero attached hydrogens (tertiary/aromatic N) is 1. The lowest BCUT2D eigenvalue weighted by Gasteiger charge is -2.19. The molecule has 0 aliphatic carbocycles. The average Bonchev–Trinajstić information content (AvgIpc) is 2.74. The van der Waals surface area contributed by atoms with E-state index in [4.69, 9.17) is 0 Å². The molecule has 1 N–H and O–H groups in total. The van der Waals surface area contributed by atoms with Gasteiger partial charge in [0.05, 0.1) is 10.9 Å². The van der Waals surface area contributed by atoms with Crippen molar-refractivity contribution in [1.82, 2.24) is 4.98 Å². The number of nitrogens with one attached hydrogen (secondary N) is 1. The Hall–Kier alpha value is -0.330. The summed E-state index contributed by atoms with van der Waals surface area (Å²) in [6.45, 7) is 6.41. The molecule has 0 radical (unpaired) electrons. The molecule has 1 amide bonds. The molecule has 0 saturated heterocycles. The van der Waals surface area contributed by atoms with Crippen molar-refractivity contribution < 1.29 is 4.79 Å². The molecule has 1 rings (SSSR count). The lowest BCUT2D eigenvalue weighted by Crippen LogP contribution is -2.26. The number of thioether (sulfide) groups is 3. The highest BCUT2D eigenvalue weighted by molar-refractivity contribution is 8.00. The fourth-order valence-corrected chi connectivity index (χ4v) is 5.80. The molecule has 0 saturated carbocycles. The first kappa shape index (κ1) is 27.7. The quantitative estimate of drug-likeness (QED) is 0.183. The third-order valence-corrected chi connectivity index (χ3v) is 7.85. The standard InChI is InChI=1S/C24H42N2OS3/c1-6-8-9-10-11-12-13-14-15-16-17-20(30-7-2)23(27)26-22-21(28-4)18-19(3)25-24(22)29-5/h18,20H,6-17H2,1-5H3,(H,26,27). The molecule has 1 aromatic heterocycles. The van der Waals surface area contributed by atoms with E-state index in [0.29, 0.717) is 0 Å². The normalized spacial score (nSPS) is 12.2. The lowest BCUT2D eigenvalue weighted by molar-refractivity contribution is -0.115. The molecular formula is C24H42N2OS3. The summed E-state index contributed by atoms with van der Waals surface area (Å²) in [5.41, 5.74) is 1.88. The molecule has 0 spiro atoms. The molecule has 0 aliphatic heterocycles. The predicted octanol–water partition coefficient (Wildman–Crippen LogP) is 8.21. The highest BCUT2D eigenvalue weighted by Gasteiger charge is 2.21. The average molecular weight is 471 g/mol. The van der Waals surface area contributed by atoms with Crippen LogP contribution in [-0.4, -0.2) is 34.4 Å². The minimum absolute atomic E-state index is 0.0229. The van der Waals surface area contributed by atoms with Crippen molar-refractivity contribution in [2.75, 3.05) is 23.6 Å². The monoisotopic (exact) mass is 470 g/mol. The summed E-state index contributed by atoms with van der Waals surface area (Å²) in [5.74, 6) is 1.10. The van der Waals surface area contributed by atoms with Crippen LogP contribution in [0, 0.1) is 6.92 Å². The van der Waals surface area contributed by atoms with Crippen molar-refractivity contribution in [1.29, 1.82) is 0 Å². The zero-order valence-corrected chi connectivity index (χ0v) is 22.2. The van der Waals surface area contributed by atoms with Crippen molar-refractivity contribution in [3.8, 4) is 0 Å². The summed E-state index contributed by atoms with van der Waals surface area (Å²) in [4.78, 5) is 18.7. The summed E-state index contributed by atoms with van der Waals surface area (Å²) < 4.78 is 0. The fraction of sp³-hybridized carbons (Fsp3) is 0.750. The van der Waals surface area contributed by atoms with Crippen LogP contribution in [0.4, 0.5) is 5.69 Å². The van der Waals surface area contributed by atoms with Gasteiger partial charge in [0, 0.05) is 10.6 Å². The number of unbranched alkanes of at least 4 members (excludes halogenated alkanes) is 9. The second-order valence-electron chi connectivity index (χ2n) is 7.75. The van der Waals surface area contributed by atoms with E-state index in [1.165, 1.54) is 57.8 Å². The number of hydrogen-bond acceptors (Lipinski definition) is 5. The van der Waals surface area contributed by atoms with Gasteiger partial charge < -0.3 is 5.32 Å². The van der Waals surface area contributed by atoms with Crippen LogP contribution >= 0.6 is 35.3 Å². The number of carbonyl (C=O) groups is 1. The van der Waals surface area contributed by atoms with Gasteiger partial charge in [0.2, 0.25) is 5.91 Å². The topological polar surface area (TPSA) is 42.0 Å². The molecule has 0 aliphatic rings. The highest BCUT2D eigenvalue weighted by Crippen LogP contribution is 2.34. The van der Waals surface area contributed by atoms with E-state index in [2.05, 4.69) is 36.5 Å². The van der Waals surface area contributed by atoms with Crippen molar-refractivity contribution in [3.05, 3.63) is 11.8 Å². The number of anilines is 1. The van der Waals surface area contributed by atoms with Gasteiger partial charge in [0.1, 0.15) is 5.03 Å². The maximum absolute atomic E-state index is 13.0. The van der Waals surface area contributed by atoms with Crippen LogP contribution < -0.4 is 5.32 Å². The minimum Gasteiger partial charge on any atom is -0.322 e. The molecule has 0 bridgehead atoms. The molecule has 0 fully saturated rings. The summed E-state index contributed by atoms with van der Waals surface area (Å²) in [5, 5.41) is 4.15. The van der Waals surface area contributed by atoms with Crippen LogP contribution in [0.15, 0.2) is 16.0 Å². The number of aromatic nitrogens is 1. The third-order valence-electron chi connectivity index (χ3n) is 5.22.